The molecule has 0 radical (unpaired) electrons. The number of benzene rings is 1. The number of hydrogen-bond donors (Lipinski definition) is 1. The Morgan fingerprint density at radius 1 is 1.50 bits per heavy atom. The van der Waals surface area contributed by atoms with Crippen LogP contribution >= 0.6 is 0 Å². The lowest BCUT2D eigenvalue weighted by Crippen LogP contribution is -2.39. The molecule has 2 heterocycles. The molecule has 0 bridgehead atoms. The van der Waals surface area contributed by atoms with E-state index in [2.05, 4.69) is 5.32 Å². The summed E-state index contributed by atoms with van der Waals surface area (Å²) in [6, 6.07) is 5.01. The molecule has 2 amide bonds. The summed E-state index contributed by atoms with van der Waals surface area (Å²) < 4.78 is 11.5. The molecule has 1 saturated heterocycles. The number of nitrogens with one attached hydrogen (secondary N) is 1. The molecule has 1 unspecified atom stereocenters. The lowest BCUT2D eigenvalue weighted by molar-refractivity contribution is -0.529. The topological polar surface area (TPSA) is 88.0 Å². The van der Waals surface area contributed by atoms with Gasteiger partial charge in [-0.2, -0.15) is 0 Å². The lowest BCUT2D eigenvalue weighted by Gasteiger charge is -2.14. The fourth-order valence-electron chi connectivity index (χ4n) is 2.86. The molecule has 0 saturated carbocycles. The average molecular weight is 334 g/mol. The zero-order chi connectivity index (χ0) is 17.1. The number of amides is 2. The first-order chi connectivity index (χ1) is 11.6. The maximum atomic E-state index is 12.2. The highest BCUT2D eigenvalue weighted by Crippen LogP contribution is 2.38. The summed E-state index contributed by atoms with van der Waals surface area (Å²) in [5, 5.41) is 2.72. The van der Waals surface area contributed by atoms with Crippen molar-refractivity contribution in [3.63, 3.8) is 0 Å². The number of hydrogen-bond acceptors (Lipinski definition) is 5. The van der Waals surface area contributed by atoms with Gasteiger partial charge in [-0.25, -0.2) is 0 Å². The molecule has 1 aromatic carbocycles. The highest BCUT2D eigenvalue weighted by atomic mass is 16.5. The molecule has 8 heteroatoms. The van der Waals surface area contributed by atoms with Crippen molar-refractivity contribution in [3.8, 4) is 11.5 Å². The predicted octanol–water partition coefficient (Wildman–Crippen LogP) is 0.953. The van der Waals surface area contributed by atoms with E-state index in [0.717, 1.165) is 11.2 Å². The van der Waals surface area contributed by atoms with Crippen LogP contribution in [0.5, 0.6) is 11.5 Å². The van der Waals surface area contributed by atoms with E-state index < -0.39 is 6.23 Å². The van der Waals surface area contributed by atoms with E-state index in [-0.39, 0.29) is 18.4 Å². The third-order valence-electron chi connectivity index (χ3n) is 4.15. The minimum atomic E-state index is -0.680. The molecule has 24 heavy (non-hydrogen) atoms. The SMILES string of the molecule is COc1ccc2c(c1)OC(CCNC(=O)CN1CCCC1=O)[N+]2=O. The van der Waals surface area contributed by atoms with Crippen molar-refractivity contribution in [2.24, 2.45) is 0 Å². The minimum Gasteiger partial charge on any atom is -0.497 e. The Morgan fingerprint density at radius 3 is 3.04 bits per heavy atom. The molecule has 1 fully saturated rings. The standard InChI is InChI=1S/C16H19N3O5/c1-23-11-4-5-12-13(9-11)24-16(19(12)22)6-7-17-14(20)10-18-8-2-3-15(18)21/h4-5,9,16H,2-3,6-8,10H2,1H3/p+1. The third kappa shape index (κ3) is 3.32. The number of rotatable bonds is 6. The van der Waals surface area contributed by atoms with Crippen LogP contribution in [-0.2, 0) is 9.59 Å². The molecule has 1 atom stereocenters. The fourth-order valence-corrected chi connectivity index (χ4v) is 2.86. The largest absolute Gasteiger partial charge is 0.497 e. The summed E-state index contributed by atoms with van der Waals surface area (Å²) in [7, 11) is 1.55. The zero-order valence-electron chi connectivity index (χ0n) is 13.5. The van der Waals surface area contributed by atoms with Crippen LogP contribution < -0.4 is 14.8 Å². The number of fused-ring (bicyclic) bond motifs is 1. The summed E-state index contributed by atoms with van der Waals surface area (Å²) >= 11 is 0. The Morgan fingerprint density at radius 2 is 2.33 bits per heavy atom. The number of likely N-dealkylation sites (tertiary alicyclic amines) is 1. The highest BCUT2D eigenvalue weighted by molar-refractivity contribution is 5.85. The molecule has 8 nitrogen and oxygen atoms in total. The Labute approximate surface area is 139 Å². The molecule has 2 aliphatic rings. The fraction of sp³-hybridized carbons (Fsp3) is 0.500. The van der Waals surface area contributed by atoms with E-state index in [9.17, 15) is 14.5 Å². The van der Waals surface area contributed by atoms with E-state index in [1.54, 1.807) is 30.2 Å². The molecule has 128 valence electrons. The van der Waals surface area contributed by atoms with Crippen molar-refractivity contribution in [3.05, 3.63) is 23.1 Å². The Kier molecular flexibility index (Phi) is 4.64. The van der Waals surface area contributed by atoms with Crippen molar-refractivity contribution in [2.45, 2.75) is 25.5 Å². The summed E-state index contributed by atoms with van der Waals surface area (Å²) in [4.78, 5) is 37.1. The highest BCUT2D eigenvalue weighted by Gasteiger charge is 2.40. The number of carbonyl (C=O) groups is 2. The minimum absolute atomic E-state index is 0.0133. The molecule has 1 N–H and O–H groups in total. The maximum absolute atomic E-state index is 12.2. The maximum Gasteiger partial charge on any atom is 0.352 e. The number of carbonyl (C=O) groups excluding carboxylic acids is 2. The second-order valence-electron chi connectivity index (χ2n) is 5.79. The van der Waals surface area contributed by atoms with Crippen LogP contribution in [0.4, 0.5) is 5.69 Å². The van der Waals surface area contributed by atoms with Crippen molar-refractivity contribution in [2.75, 3.05) is 26.7 Å². The first kappa shape index (κ1) is 16.2. The zero-order valence-corrected chi connectivity index (χ0v) is 13.5. The van der Waals surface area contributed by atoms with E-state index in [0.29, 0.717) is 43.1 Å². The van der Waals surface area contributed by atoms with Crippen LogP contribution in [0.25, 0.3) is 0 Å². The molecular weight excluding hydrogens is 314 g/mol. The van der Waals surface area contributed by atoms with Gasteiger partial charge in [0.25, 0.3) is 0 Å². The van der Waals surface area contributed by atoms with Gasteiger partial charge >= 0.3 is 11.9 Å². The molecule has 0 aliphatic carbocycles. The van der Waals surface area contributed by atoms with Crippen LogP contribution in [0, 0.1) is 4.91 Å². The van der Waals surface area contributed by atoms with Crippen LogP contribution in [0.1, 0.15) is 19.3 Å². The Hall–Kier alpha value is -2.64. The Balaban J connectivity index is 1.46. The van der Waals surface area contributed by atoms with Gasteiger partial charge in [0.1, 0.15) is 5.75 Å². The third-order valence-corrected chi connectivity index (χ3v) is 4.15. The van der Waals surface area contributed by atoms with Gasteiger partial charge in [0.2, 0.25) is 17.6 Å². The lowest BCUT2D eigenvalue weighted by atomic mass is 10.3. The number of ether oxygens (including phenoxy) is 2. The van der Waals surface area contributed by atoms with Crippen molar-refractivity contribution < 1.29 is 23.8 Å². The van der Waals surface area contributed by atoms with E-state index in [1.807, 2.05) is 0 Å². The predicted molar refractivity (Wildman–Crippen MR) is 84.1 cm³/mol. The first-order valence-corrected chi connectivity index (χ1v) is 7.94. The number of nitroso groups, excluding NO2 is 1. The van der Waals surface area contributed by atoms with Crippen LogP contribution in [0.3, 0.4) is 0 Å². The monoisotopic (exact) mass is 334 g/mol. The molecule has 2 aliphatic heterocycles. The second kappa shape index (κ2) is 6.86. The Bertz CT molecular complexity index is 676. The van der Waals surface area contributed by atoms with Crippen molar-refractivity contribution >= 4 is 17.5 Å². The van der Waals surface area contributed by atoms with Gasteiger partial charge in [-0.1, -0.05) is 0 Å². The first-order valence-electron chi connectivity index (χ1n) is 7.94. The van der Waals surface area contributed by atoms with Gasteiger partial charge < -0.3 is 19.7 Å². The second-order valence-corrected chi connectivity index (χ2v) is 5.79. The summed E-state index contributed by atoms with van der Waals surface area (Å²) in [6.45, 7) is 1.00. The van der Waals surface area contributed by atoms with Gasteiger partial charge in [-0.05, 0) is 12.5 Å². The van der Waals surface area contributed by atoms with Crippen LogP contribution in [0.15, 0.2) is 18.2 Å². The quantitative estimate of drug-likeness (QED) is 0.783. The summed E-state index contributed by atoms with van der Waals surface area (Å²) in [5.74, 6) is 0.883. The van der Waals surface area contributed by atoms with Gasteiger partial charge in [-0.3, -0.25) is 9.59 Å². The van der Waals surface area contributed by atoms with E-state index in [1.165, 1.54) is 0 Å². The van der Waals surface area contributed by atoms with E-state index >= 15 is 0 Å². The molecule has 0 spiro atoms. The van der Waals surface area contributed by atoms with Crippen molar-refractivity contribution in [1.82, 2.24) is 10.2 Å². The normalized spacial score (nSPS) is 19.2. The summed E-state index contributed by atoms with van der Waals surface area (Å²) in [6.07, 6.45) is 0.978. The van der Waals surface area contributed by atoms with Gasteiger partial charge in [-0.15, -0.1) is 0 Å². The summed E-state index contributed by atoms with van der Waals surface area (Å²) in [5.41, 5.74) is 0.454. The van der Waals surface area contributed by atoms with Crippen LogP contribution in [0.2, 0.25) is 0 Å². The van der Waals surface area contributed by atoms with Gasteiger partial charge in [0, 0.05) is 36.6 Å². The molecule has 1 aromatic rings. The number of nitrogens with zero attached hydrogens (tertiary/aromatic N) is 2. The van der Waals surface area contributed by atoms with Crippen molar-refractivity contribution in [1.29, 1.82) is 0 Å². The molecular formula is C16H20N3O5+. The van der Waals surface area contributed by atoms with Gasteiger partial charge in [0.15, 0.2) is 0 Å². The van der Waals surface area contributed by atoms with Crippen LogP contribution in [-0.4, -0.2) is 54.4 Å². The average Bonchev–Trinajstić information content (AvgIpc) is 3.11. The smallest absolute Gasteiger partial charge is 0.352 e. The van der Waals surface area contributed by atoms with Gasteiger partial charge in [0.05, 0.1) is 24.8 Å². The molecule has 3 rings (SSSR count). The number of methoxy groups -OCH3 is 1. The van der Waals surface area contributed by atoms with E-state index in [4.69, 9.17) is 9.47 Å². The molecule has 0 aromatic heterocycles.